The van der Waals surface area contributed by atoms with E-state index >= 15 is 0 Å². The molecule has 31 heavy (non-hydrogen) atoms. The van der Waals surface area contributed by atoms with Crippen molar-refractivity contribution in [3.63, 3.8) is 0 Å². The molecule has 0 bridgehead atoms. The highest BCUT2D eigenvalue weighted by Gasteiger charge is 2.28. The van der Waals surface area contributed by atoms with Crippen LogP contribution in [0.3, 0.4) is 0 Å². The van der Waals surface area contributed by atoms with Crippen LogP contribution in [0.1, 0.15) is 28.9 Å². The Hall–Kier alpha value is -2.48. The lowest BCUT2D eigenvalue weighted by Gasteiger charge is -2.34. The lowest BCUT2D eigenvalue weighted by molar-refractivity contribution is 0.379. The van der Waals surface area contributed by atoms with Crippen LogP contribution in [0.4, 0.5) is 0 Å². The number of rotatable bonds is 5. The Labute approximate surface area is 198 Å². The molecule has 2 atom stereocenters. The van der Waals surface area contributed by atoms with E-state index in [1.807, 2.05) is 54.6 Å². The quantitative estimate of drug-likeness (QED) is 0.372. The summed E-state index contributed by atoms with van der Waals surface area (Å²) >= 11 is 7.08. The van der Waals surface area contributed by atoms with Crippen LogP contribution in [0, 0.1) is 0 Å². The molecule has 3 N–H and O–H groups in total. The summed E-state index contributed by atoms with van der Waals surface area (Å²) in [5.41, 5.74) is 3.63. The van der Waals surface area contributed by atoms with Gasteiger partial charge in [-0.3, -0.25) is 5.32 Å². The molecule has 7 heteroatoms. The molecule has 0 spiro atoms. The van der Waals surface area contributed by atoms with Crippen molar-refractivity contribution in [1.29, 1.82) is 0 Å². The van der Waals surface area contributed by atoms with E-state index in [2.05, 4.69) is 48.6 Å². The van der Waals surface area contributed by atoms with E-state index in [-0.39, 0.29) is 18.0 Å². The fourth-order valence-corrected chi connectivity index (χ4v) is 4.42. The summed E-state index contributed by atoms with van der Waals surface area (Å²) in [6.07, 6.45) is 1.80. The number of benzene rings is 3. The lowest BCUT2D eigenvalue weighted by atomic mass is 9.97. The van der Waals surface area contributed by atoms with E-state index in [0.717, 1.165) is 42.8 Å². The third-order valence-electron chi connectivity index (χ3n) is 5.19. The van der Waals surface area contributed by atoms with Gasteiger partial charge in [0.05, 0.1) is 20.3 Å². The molecule has 0 amide bonds. The second-order valence-corrected chi connectivity index (χ2v) is 8.95. The summed E-state index contributed by atoms with van der Waals surface area (Å²) in [5, 5.41) is 17.7. The van der Waals surface area contributed by atoms with Gasteiger partial charge in [0.2, 0.25) is 0 Å². The molecular formula is C24H22Br2N2O3. The maximum atomic E-state index is 10.6. The van der Waals surface area contributed by atoms with Gasteiger partial charge in [0, 0.05) is 31.3 Å². The van der Waals surface area contributed by atoms with Crippen LogP contribution in [0.15, 0.2) is 75.7 Å². The first-order valence-corrected chi connectivity index (χ1v) is 11.3. The highest BCUT2D eigenvalue weighted by atomic mass is 79.9. The Bertz CT molecular complexity index is 1130. The summed E-state index contributed by atoms with van der Waals surface area (Å²) in [6.45, 7) is 0. The second-order valence-electron chi connectivity index (χ2n) is 7.12. The van der Waals surface area contributed by atoms with E-state index in [0.29, 0.717) is 0 Å². The zero-order valence-electron chi connectivity index (χ0n) is 17.0. The van der Waals surface area contributed by atoms with Gasteiger partial charge in [-0.25, -0.2) is 0 Å². The molecule has 0 radical (unpaired) electrons. The first-order valence-electron chi connectivity index (χ1n) is 9.69. The molecule has 5 nitrogen and oxygen atoms in total. The third kappa shape index (κ3) is 4.74. The molecule has 2 unspecified atom stereocenters. The molecule has 0 aromatic heterocycles. The molecule has 1 aliphatic rings. The number of aromatic hydroxyl groups is 1. The van der Waals surface area contributed by atoms with Gasteiger partial charge in [0.1, 0.15) is 23.4 Å². The van der Waals surface area contributed by atoms with Crippen molar-refractivity contribution in [2.75, 3.05) is 14.2 Å². The lowest BCUT2D eigenvalue weighted by Crippen LogP contribution is -2.39. The Kier molecular flexibility index (Phi) is 6.55. The Morgan fingerprint density at radius 2 is 1.61 bits per heavy atom. The maximum absolute atomic E-state index is 10.6. The zero-order valence-corrected chi connectivity index (χ0v) is 20.2. The van der Waals surface area contributed by atoms with Gasteiger partial charge in [0.25, 0.3) is 0 Å². The predicted octanol–water partition coefficient (Wildman–Crippen LogP) is 5.91. The van der Waals surface area contributed by atoms with Crippen LogP contribution >= 0.6 is 31.9 Å². The molecule has 0 aliphatic carbocycles. The first kappa shape index (κ1) is 21.7. The van der Waals surface area contributed by atoms with Crippen molar-refractivity contribution in [2.24, 2.45) is 0 Å². The van der Waals surface area contributed by atoms with Gasteiger partial charge in [-0.15, -0.1) is 0 Å². The normalized spacial score (nSPS) is 18.1. The monoisotopic (exact) mass is 544 g/mol. The number of phenols is 1. The summed E-state index contributed by atoms with van der Waals surface area (Å²) in [7, 11) is 3.31. The van der Waals surface area contributed by atoms with E-state index in [4.69, 9.17) is 9.47 Å². The van der Waals surface area contributed by atoms with Crippen molar-refractivity contribution >= 4 is 37.6 Å². The van der Waals surface area contributed by atoms with Crippen LogP contribution in [0.2, 0.25) is 0 Å². The molecule has 4 rings (SSSR count). The Balaban J connectivity index is 1.82. The minimum Gasteiger partial charge on any atom is -0.508 e. The Morgan fingerprint density at radius 3 is 2.35 bits per heavy atom. The molecular weight excluding hydrogens is 524 g/mol. The van der Waals surface area contributed by atoms with E-state index in [9.17, 15) is 5.11 Å². The molecule has 0 saturated heterocycles. The average molecular weight is 546 g/mol. The van der Waals surface area contributed by atoms with Gasteiger partial charge in [-0.2, -0.15) is 0 Å². The van der Waals surface area contributed by atoms with Gasteiger partial charge in [-0.1, -0.05) is 44.0 Å². The number of nitrogens with one attached hydrogen (secondary N) is 2. The predicted molar refractivity (Wildman–Crippen MR) is 129 cm³/mol. The molecule has 1 heterocycles. The number of hydrogen-bond acceptors (Lipinski definition) is 5. The minimum absolute atomic E-state index is 0.226. The molecule has 1 aliphatic heterocycles. The number of methoxy groups -OCH3 is 2. The van der Waals surface area contributed by atoms with E-state index in [1.54, 1.807) is 20.3 Å². The third-order valence-corrected chi connectivity index (χ3v) is 6.17. The van der Waals surface area contributed by atoms with E-state index in [1.165, 1.54) is 0 Å². The Morgan fingerprint density at radius 1 is 0.871 bits per heavy atom. The van der Waals surface area contributed by atoms with Crippen LogP contribution < -0.4 is 20.1 Å². The van der Waals surface area contributed by atoms with Crippen LogP contribution in [-0.4, -0.2) is 19.3 Å². The highest BCUT2D eigenvalue weighted by molar-refractivity contribution is 9.10. The molecule has 3 aromatic rings. The van der Waals surface area contributed by atoms with Crippen LogP contribution in [0.25, 0.3) is 5.70 Å². The fraction of sp³-hybridized carbons (Fsp3) is 0.167. The summed E-state index contributed by atoms with van der Waals surface area (Å²) in [5.74, 6) is 1.76. The largest absolute Gasteiger partial charge is 0.508 e. The van der Waals surface area contributed by atoms with Crippen molar-refractivity contribution in [2.45, 2.75) is 12.2 Å². The molecule has 0 fully saturated rings. The first-order chi connectivity index (χ1) is 15.0. The second kappa shape index (κ2) is 9.34. The van der Waals surface area contributed by atoms with Gasteiger partial charge < -0.3 is 19.9 Å². The fourth-order valence-electron chi connectivity index (χ4n) is 3.66. The summed E-state index contributed by atoms with van der Waals surface area (Å²) in [4.78, 5) is 0. The van der Waals surface area contributed by atoms with Crippen molar-refractivity contribution < 1.29 is 14.6 Å². The average Bonchev–Trinajstić information content (AvgIpc) is 2.80. The standard InChI is InChI=1S/C24H22Br2N2O3/c1-30-17-5-3-4-14(10-17)20-13-21(18-11-15(25)6-8-22(18)29)28-24(27-20)19-12-16(26)7-9-23(19)31-2/h3-13,21,24,27-29H,1-2H3. The SMILES string of the molecule is COc1cccc(C2=CC(c3cc(Br)ccc3O)NC(c3cc(Br)ccc3OC)N2)c1. The van der Waals surface area contributed by atoms with Crippen molar-refractivity contribution in [1.82, 2.24) is 10.6 Å². The molecule has 160 valence electrons. The summed E-state index contributed by atoms with van der Waals surface area (Å²) < 4.78 is 12.9. The number of phenolic OH excluding ortho intramolecular Hbond substituents is 1. The van der Waals surface area contributed by atoms with Gasteiger partial charge in [0.15, 0.2) is 0 Å². The zero-order chi connectivity index (χ0) is 22.0. The number of ether oxygens (including phenoxy) is 2. The highest BCUT2D eigenvalue weighted by Crippen LogP contribution is 2.37. The van der Waals surface area contributed by atoms with Gasteiger partial charge >= 0.3 is 0 Å². The summed E-state index contributed by atoms with van der Waals surface area (Å²) in [6, 6.07) is 19.0. The molecule has 3 aromatic carbocycles. The number of halogens is 2. The van der Waals surface area contributed by atoms with E-state index < -0.39 is 0 Å². The van der Waals surface area contributed by atoms with Crippen LogP contribution in [0.5, 0.6) is 17.2 Å². The number of hydrogen-bond donors (Lipinski definition) is 3. The smallest absolute Gasteiger partial charge is 0.125 e. The topological polar surface area (TPSA) is 62.8 Å². The van der Waals surface area contributed by atoms with Crippen molar-refractivity contribution in [3.8, 4) is 17.2 Å². The molecule has 0 saturated carbocycles. The van der Waals surface area contributed by atoms with Crippen molar-refractivity contribution in [3.05, 3.63) is 92.4 Å². The maximum Gasteiger partial charge on any atom is 0.125 e. The van der Waals surface area contributed by atoms with Crippen LogP contribution in [-0.2, 0) is 0 Å². The minimum atomic E-state index is -0.262. The van der Waals surface area contributed by atoms with Gasteiger partial charge in [-0.05, 0) is 54.6 Å².